The maximum atomic E-state index is 10.8. The van der Waals surface area contributed by atoms with E-state index in [1.165, 1.54) is 0 Å². The summed E-state index contributed by atoms with van der Waals surface area (Å²) >= 11 is 2.08. The quantitative estimate of drug-likeness (QED) is 0.270. The molecule has 29 heavy (non-hydrogen) atoms. The molecule has 156 valence electrons. The van der Waals surface area contributed by atoms with Crippen molar-refractivity contribution in [2.24, 2.45) is 5.10 Å². The topological polar surface area (TPSA) is 98.6 Å². The standard InChI is InChI=1S/C20H23IN2O6/c1-4-28-18-9-14(7-15(21)20(18)29-12-19(24)25)11-23-22-10-13-5-6-16(26-2)17(8-13)27-3/h5-9,11,22H,4,10,12H2,1-3H3,(H,24,25)/b23-11+. The fourth-order valence-electron chi connectivity index (χ4n) is 2.45. The van der Waals surface area contributed by atoms with Crippen molar-refractivity contribution in [3.63, 3.8) is 0 Å². The van der Waals surface area contributed by atoms with E-state index >= 15 is 0 Å². The van der Waals surface area contributed by atoms with Crippen LogP contribution in [0.25, 0.3) is 0 Å². The van der Waals surface area contributed by atoms with Crippen LogP contribution >= 0.6 is 22.6 Å². The third-order valence-electron chi connectivity index (χ3n) is 3.71. The van der Waals surface area contributed by atoms with Crippen LogP contribution in [0.1, 0.15) is 18.1 Å². The minimum Gasteiger partial charge on any atom is -0.493 e. The number of halogens is 1. The minimum atomic E-state index is -1.05. The van der Waals surface area contributed by atoms with E-state index in [-0.39, 0.29) is 0 Å². The van der Waals surface area contributed by atoms with Gasteiger partial charge >= 0.3 is 5.97 Å². The maximum absolute atomic E-state index is 10.8. The van der Waals surface area contributed by atoms with Crippen LogP contribution in [0.5, 0.6) is 23.0 Å². The number of hydrogen-bond donors (Lipinski definition) is 2. The summed E-state index contributed by atoms with van der Waals surface area (Å²) in [6.07, 6.45) is 1.66. The number of aliphatic carboxylic acids is 1. The molecule has 0 aromatic heterocycles. The van der Waals surface area contributed by atoms with Gasteiger partial charge in [-0.05, 0) is 64.9 Å². The number of nitrogens with zero attached hydrogens (tertiary/aromatic N) is 1. The molecule has 0 atom stereocenters. The summed E-state index contributed by atoms with van der Waals surface area (Å²) in [5.74, 6) is 1.16. The SMILES string of the molecule is CCOc1cc(/C=N/NCc2ccc(OC)c(OC)c2)cc(I)c1OCC(=O)O. The highest BCUT2D eigenvalue weighted by atomic mass is 127. The normalized spacial score (nSPS) is 10.6. The van der Waals surface area contributed by atoms with Gasteiger partial charge in [-0.2, -0.15) is 5.10 Å². The summed E-state index contributed by atoms with van der Waals surface area (Å²) in [7, 11) is 3.19. The second-order valence-electron chi connectivity index (χ2n) is 5.73. The fraction of sp³-hybridized carbons (Fsp3) is 0.300. The predicted molar refractivity (Wildman–Crippen MR) is 117 cm³/mol. The number of benzene rings is 2. The molecule has 9 heteroatoms. The number of carboxylic acids is 1. The Morgan fingerprint density at radius 2 is 1.90 bits per heavy atom. The Labute approximate surface area is 182 Å². The van der Waals surface area contributed by atoms with Crippen molar-refractivity contribution in [3.8, 4) is 23.0 Å². The van der Waals surface area contributed by atoms with Gasteiger partial charge in [-0.15, -0.1) is 0 Å². The fourth-order valence-corrected chi connectivity index (χ4v) is 3.23. The highest BCUT2D eigenvalue weighted by molar-refractivity contribution is 14.1. The van der Waals surface area contributed by atoms with Gasteiger partial charge in [0, 0.05) is 0 Å². The number of carbonyl (C=O) groups is 1. The monoisotopic (exact) mass is 514 g/mol. The van der Waals surface area contributed by atoms with Crippen molar-refractivity contribution < 1.29 is 28.8 Å². The predicted octanol–water partition coefficient (Wildman–Crippen LogP) is 3.29. The first-order valence-electron chi connectivity index (χ1n) is 8.76. The van der Waals surface area contributed by atoms with Crippen LogP contribution in [-0.4, -0.2) is 44.7 Å². The van der Waals surface area contributed by atoms with Crippen LogP contribution in [-0.2, 0) is 11.3 Å². The zero-order valence-corrected chi connectivity index (χ0v) is 18.6. The first-order valence-corrected chi connectivity index (χ1v) is 9.84. The number of nitrogens with one attached hydrogen (secondary N) is 1. The van der Waals surface area contributed by atoms with Crippen LogP contribution in [0.2, 0.25) is 0 Å². The molecule has 0 unspecified atom stereocenters. The molecule has 0 heterocycles. The molecule has 0 aliphatic heterocycles. The second kappa shape index (κ2) is 11.3. The second-order valence-corrected chi connectivity index (χ2v) is 6.89. The summed E-state index contributed by atoms with van der Waals surface area (Å²) in [5.41, 5.74) is 4.77. The number of rotatable bonds is 11. The molecule has 0 radical (unpaired) electrons. The zero-order chi connectivity index (χ0) is 21.2. The molecule has 0 aliphatic carbocycles. The van der Waals surface area contributed by atoms with Crippen molar-refractivity contribution >= 4 is 34.8 Å². The molecule has 0 aliphatic rings. The molecule has 2 aromatic carbocycles. The Balaban J connectivity index is 2.07. The lowest BCUT2D eigenvalue weighted by molar-refractivity contribution is -0.139. The van der Waals surface area contributed by atoms with Crippen LogP contribution in [0, 0.1) is 3.57 Å². The zero-order valence-electron chi connectivity index (χ0n) is 16.4. The minimum absolute atomic E-state index is 0.408. The number of hydrazone groups is 1. The Hall–Kier alpha value is -2.69. The van der Waals surface area contributed by atoms with Gasteiger partial charge in [0.1, 0.15) is 0 Å². The van der Waals surface area contributed by atoms with Crippen molar-refractivity contribution in [3.05, 3.63) is 45.0 Å². The Kier molecular flexibility index (Phi) is 8.84. The molecule has 0 bridgehead atoms. The average Bonchev–Trinajstić information content (AvgIpc) is 2.70. The van der Waals surface area contributed by atoms with Gasteiger partial charge < -0.3 is 29.5 Å². The van der Waals surface area contributed by atoms with Crippen LogP contribution in [0.15, 0.2) is 35.4 Å². The van der Waals surface area contributed by atoms with Gasteiger partial charge in [0.2, 0.25) is 0 Å². The lowest BCUT2D eigenvalue weighted by Gasteiger charge is -2.13. The Bertz CT molecular complexity index is 872. The van der Waals surface area contributed by atoms with Gasteiger partial charge in [-0.25, -0.2) is 4.79 Å². The average molecular weight is 514 g/mol. The van der Waals surface area contributed by atoms with Crippen molar-refractivity contribution in [2.75, 3.05) is 27.4 Å². The van der Waals surface area contributed by atoms with E-state index in [1.807, 2.05) is 31.2 Å². The molecule has 0 amide bonds. The number of carboxylic acid groups (broad SMARTS) is 1. The summed E-state index contributed by atoms with van der Waals surface area (Å²) in [6, 6.07) is 9.24. The molecule has 0 saturated carbocycles. The maximum Gasteiger partial charge on any atom is 0.341 e. The number of methoxy groups -OCH3 is 2. The van der Waals surface area contributed by atoms with Gasteiger partial charge in [0.05, 0.1) is 37.2 Å². The molecular weight excluding hydrogens is 491 g/mol. The van der Waals surface area contributed by atoms with Gasteiger partial charge in [0.15, 0.2) is 29.6 Å². The van der Waals surface area contributed by atoms with Crippen molar-refractivity contribution in [1.29, 1.82) is 0 Å². The molecular formula is C20H23IN2O6. The van der Waals surface area contributed by atoms with Gasteiger partial charge in [0.25, 0.3) is 0 Å². The molecule has 2 rings (SSSR count). The molecule has 0 spiro atoms. The highest BCUT2D eigenvalue weighted by Crippen LogP contribution is 2.34. The third kappa shape index (κ3) is 6.70. The van der Waals surface area contributed by atoms with Crippen LogP contribution in [0.4, 0.5) is 0 Å². The first-order chi connectivity index (χ1) is 14.0. The Morgan fingerprint density at radius 3 is 2.55 bits per heavy atom. The Morgan fingerprint density at radius 1 is 1.14 bits per heavy atom. The van der Waals surface area contributed by atoms with E-state index in [0.29, 0.717) is 36.1 Å². The summed E-state index contributed by atoms with van der Waals surface area (Å²) in [6.45, 7) is 2.35. The summed E-state index contributed by atoms with van der Waals surface area (Å²) < 4.78 is 22.2. The number of ether oxygens (including phenoxy) is 4. The number of hydrogen-bond acceptors (Lipinski definition) is 7. The lowest BCUT2D eigenvalue weighted by atomic mass is 10.2. The van der Waals surface area contributed by atoms with E-state index in [0.717, 1.165) is 14.7 Å². The van der Waals surface area contributed by atoms with E-state index in [9.17, 15) is 4.79 Å². The summed E-state index contributed by atoms with van der Waals surface area (Å²) in [4.78, 5) is 10.8. The summed E-state index contributed by atoms with van der Waals surface area (Å²) in [5, 5.41) is 13.1. The molecule has 8 nitrogen and oxygen atoms in total. The molecule has 2 N–H and O–H groups in total. The van der Waals surface area contributed by atoms with Crippen molar-refractivity contribution in [2.45, 2.75) is 13.5 Å². The molecule has 2 aromatic rings. The smallest absolute Gasteiger partial charge is 0.341 e. The van der Waals surface area contributed by atoms with Crippen LogP contribution < -0.4 is 24.4 Å². The molecule has 0 saturated heterocycles. The van der Waals surface area contributed by atoms with Gasteiger partial charge in [-0.3, -0.25) is 0 Å². The highest BCUT2D eigenvalue weighted by Gasteiger charge is 2.13. The lowest BCUT2D eigenvalue weighted by Crippen LogP contribution is -2.11. The van der Waals surface area contributed by atoms with E-state index in [4.69, 9.17) is 24.1 Å². The van der Waals surface area contributed by atoms with Crippen LogP contribution in [0.3, 0.4) is 0 Å². The van der Waals surface area contributed by atoms with E-state index in [1.54, 1.807) is 26.5 Å². The van der Waals surface area contributed by atoms with E-state index < -0.39 is 12.6 Å². The van der Waals surface area contributed by atoms with E-state index in [2.05, 4.69) is 33.1 Å². The van der Waals surface area contributed by atoms with Gasteiger partial charge in [-0.1, -0.05) is 6.07 Å². The largest absolute Gasteiger partial charge is 0.493 e. The third-order valence-corrected chi connectivity index (χ3v) is 4.51. The molecule has 0 fully saturated rings. The first kappa shape index (κ1) is 22.6. The van der Waals surface area contributed by atoms with Crippen molar-refractivity contribution in [1.82, 2.24) is 5.43 Å².